The first-order chi connectivity index (χ1) is 8.41. The van der Waals surface area contributed by atoms with Gasteiger partial charge >= 0.3 is 5.97 Å². The molecule has 0 spiro atoms. The molecule has 0 unspecified atom stereocenters. The highest BCUT2D eigenvalue weighted by Gasteiger charge is 2.29. The monoisotopic (exact) mass is 266 g/mol. The van der Waals surface area contributed by atoms with Gasteiger partial charge < -0.3 is 4.74 Å². The number of allylic oxidation sites excluding steroid dienone is 1. The predicted molar refractivity (Wildman–Crippen MR) is 68.0 cm³/mol. The smallest absolute Gasteiger partial charge is 0.338 e. The van der Waals surface area contributed by atoms with Crippen molar-refractivity contribution in [3.63, 3.8) is 0 Å². The van der Waals surface area contributed by atoms with E-state index in [0.29, 0.717) is 22.5 Å². The third-order valence-electron chi connectivity index (χ3n) is 3.09. The number of ether oxygens (including phenoxy) is 1. The molecule has 0 aromatic heterocycles. The van der Waals surface area contributed by atoms with Gasteiger partial charge in [0, 0.05) is 4.91 Å². The minimum absolute atomic E-state index is 0.192. The van der Waals surface area contributed by atoms with Gasteiger partial charge in [0.25, 0.3) is 0 Å². The molecule has 1 aromatic carbocycles. The molecule has 5 heteroatoms. The first-order valence-electron chi connectivity index (χ1n) is 5.60. The summed E-state index contributed by atoms with van der Waals surface area (Å²) >= 11 is 0. The van der Waals surface area contributed by atoms with Gasteiger partial charge in [-0.1, -0.05) is 6.92 Å². The quantitative estimate of drug-likeness (QED) is 0.770. The molecule has 0 N–H and O–H groups in total. The van der Waals surface area contributed by atoms with Crippen LogP contribution in [0.25, 0.3) is 6.08 Å². The van der Waals surface area contributed by atoms with Gasteiger partial charge in [0.15, 0.2) is 0 Å². The van der Waals surface area contributed by atoms with E-state index in [1.807, 2.05) is 6.92 Å². The van der Waals surface area contributed by atoms with Gasteiger partial charge in [-0.2, -0.15) is 0 Å². The summed E-state index contributed by atoms with van der Waals surface area (Å²) < 4.78 is 28.7. The van der Waals surface area contributed by atoms with Crippen LogP contribution in [-0.2, 0) is 21.0 Å². The van der Waals surface area contributed by atoms with E-state index in [0.717, 1.165) is 5.56 Å². The maximum Gasteiger partial charge on any atom is 0.338 e. The number of sulfone groups is 1. The number of aryl methyl sites for hydroxylation is 1. The molecule has 4 nitrogen and oxygen atoms in total. The van der Waals surface area contributed by atoms with Crippen molar-refractivity contribution < 1.29 is 17.9 Å². The SMILES string of the molecule is CCc1cc2c(cc1C(=O)OC)S(=O)(=O)C(C)=C2. The van der Waals surface area contributed by atoms with E-state index in [9.17, 15) is 13.2 Å². The van der Waals surface area contributed by atoms with Gasteiger partial charge in [-0.3, -0.25) is 0 Å². The third kappa shape index (κ3) is 1.75. The van der Waals surface area contributed by atoms with E-state index < -0.39 is 15.8 Å². The van der Waals surface area contributed by atoms with Crippen molar-refractivity contribution in [1.82, 2.24) is 0 Å². The van der Waals surface area contributed by atoms with Gasteiger partial charge in [-0.25, -0.2) is 13.2 Å². The Hall–Kier alpha value is -1.62. The fourth-order valence-electron chi connectivity index (χ4n) is 2.05. The Balaban J connectivity index is 2.72. The van der Waals surface area contributed by atoms with E-state index in [-0.39, 0.29) is 4.90 Å². The summed E-state index contributed by atoms with van der Waals surface area (Å²) in [5.41, 5.74) is 1.77. The Bertz CT molecular complexity index is 654. The minimum Gasteiger partial charge on any atom is -0.465 e. The average Bonchev–Trinajstić information content (AvgIpc) is 2.57. The van der Waals surface area contributed by atoms with E-state index in [2.05, 4.69) is 4.74 Å². The highest BCUT2D eigenvalue weighted by atomic mass is 32.2. The Kier molecular flexibility index (Phi) is 3.02. The molecular weight excluding hydrogens is 252 g/mol. The summed E-state index contributed by atoms with van der Waals surface area (Å²) in [5.74, 6) is -0.505. The lowest BCUT2D eigenvalue weighted by Gasteiger charge is -2.09. The largest absolute Gasteiger partial charge is 0.465 e. The maximum atomic E-state index is 12.0. The van der Waals surface area contributed by atoms with Crippen molar-refractivity contribution in [2.45, 2.75) is 25.2 Å². The molecule has 96 valence electrons. The van der Waals surface area contributed by atoms with Crippen molar-refractivity contribution >= 4 is 21.9 Å². The van der Waals surface area contributed by atoms with E-state index >= 15 is 0 Å². The number of rotatable bonds is 2. The number of fused-ring (bicyclic) bond motifs is 1. The molecule has 0 saturated carbocycles. The molecule has 0 radical (unpaired) electrons. The Morgan fingerprint density at radius 2 is 2.00 bits per heavy atom. The molecule has 1 heterocycles. The standard InChI is InChI=1S/C13H14O4S/c1-4-9-6-10-5-8(2)18(15,16)12(10)7-11(9)13(14)17-3/h5-7H,4H2,1-3H3. The molecule has 1 aliphatic rings. The van der Waals surface area contributed by atoms with Crippen molar-refractivity contribution in [3.05, 3.63) is 33.7 Å². The van der Waals surface area contributed by atoms with Crippen LogP contribution in [-0.4, -0.2) is 21.5 Å². The van der Waals surface area contributed by atoms with E-state index in [1.54, 1.807) is 19.1 Å². The highest BCUT2D eigenvalue weighted by Crippen LogP contribution is 2.34. The summed E-state index contributed by atoms with van der Waals surface area (Å²) in [6, 6.07) is 3.16. The van der Waals surface area contributed by atoms with E-state index in [4.69, 9.17) is 0 Å². The minimum atomic E-state index is -3.42. The van der Waals surface area contributed by atoms with Gasteiger partial charge in [-0.15, -0.1) is 0 Å². The van der Waals surface area contributed by atoms with Crippen LogP contribution in [0.3, 0.4) is 0 Å². The summed E-state index contributed by atoms with van der Waals surface area (Å²) in [6.07, 6.45) is 2.27. The molecule has 0 amide bonds. The lowest BCUT2D eigenvalue weighted by Crippen LogP contribution is -2.08. The molecule has 2 rings (SSSR count). The number of benzene rings is 1. The number of hydrogen-bond acceptors (Lipinski definition) is 4. The fourth-order valence-corrected chi connectivity index (χ4v) is 3.38. The van der Waals surface area contributed by atoms with Crippen LogP contribution < -0.4 is 0 Å². The Labute approximate surface area is 106 Å². The van der Waals surface area contributed by atoms with Crippen LogP contribution in [0.4, 0.5) is 0 Å². The molecule has 0 saturated heterocycles. The lowest BCUT2D eigenvalue weighted by molar-refractivity contribution is 0.0599. The zero-order valence-corrected chi connectivity index (χ0v) is 11.3. The molecular formula is C13H14O4S. The van der Waals surface area contributed by atoms with Crippen LogP contribution in [0.15, 0.2) is 21.9 Å². The van der Waals surface area contributed by atoms with Crippen molar-refractivity contribution in [2.24, 2.45) is 0 Å². The van der Waals surface area contributed by atoms with Gasteiger partial charge in [0.05, 0.1) is 17.6 Å². The molecule has 18 heavy (non-hydrogen) atoms. The molecule has 0 atom stereocenters. The predicted octanol–water partition coefficient (Wildman–Crippen LogP) is 2.18. The average molecular weight is 266 g/mol. The fraction of sp³-hybridized carbons (Fsp3) is 0.308. The molecule has 0 aliphatic carbocycles. The number of carbonyl (C=O) groups excluding carboxylic acids is 1. The second-order valence-electron chi connectivity index (χ2n) is 4.15. The zero-order valence-electron chi connectivity index (χ0n) is 10.5. The second kappa shape index (κ2) is 4.24. The van der Waals surface area contributed by atoms with Gasteiger partial charge in [-0.05, 0) is 42.7 Å². The molecule has 1 aromatic rings. The highest BCUT2D eigenvalue weighted by molar-refractivity contribution is 7.95. The summed E-state index contributed by atoms with van der Waals surface area (Å²) in [5, 5.41) is 0. The third-order valence-corrected chi connectivity index (χ3v) is 4.99. The zero-order chi connectivity index (χ0) is 13.5. The Morgan fingerprint density at radius 1 is 1.33 bits per heavy atom. The van der Waals surface area contributed by atoms with E-state index in [1.165, 1.54) is 13.2 Å². The van der Waals surface area contributed by atoms with Crippen LogP contribution in [0.5, 0.6) is 0 Å². The summed E-state index contributed by atoms with van der Waals surface area (Å²) in [7, 11) is -2.14. The first-order valence-corrected chi connectivity index (χ1v) is 7.08. The molecule has 1 aliphatic heterocycles. The summed E-state index contributed by atoms with van der Waals surface area (Å²) in [4.78, 5) is 12.2. The first kappa shape index (κ1) is 12.8. The topological polar surface area (TPSA) is 60.4 Å². The van der Waals surface area contributed by atoms with Crippen molar-refractivity contribution in [3.8, 4) is 0 Å². The van der Waals surface area contributed by atoms with Crippen LogP contribution in [0.2, 0.25) is 0 Å². The van der Waals surface area contributed by atoms with Crippen molar-refractivity contribution in [2.75, 3.05) is 7.11 Å². The van der Waals surface area contributed by atoms with Crippen LogP contribution in [0.1, 0.15) is 35.3 Å². The normalized spacial score (nSPS) is 16.1. The molecule has 0 bridgehead atoms. The Morgan fingerprint density at radius 3 is 2.56 bits per heavy atom. The number of carbonyl (C=O) groups is 1. The second-order valence-corrected chi connectivity index (χ2v) is 6.24. The maximum absolute atomic E-state index is 12.0. The number of methoxy groups -OCH3 is 1. The number of esters is 1. The summed E-state index contributed by atoms with van der Waals surface area (Å²) in [6.45, 7) is 3.47. The lowest BCUT2D eigenvalue weighted by atomic mass is 10.0. The molecule has 0 fully saturated rings. The van der Waals surface area contributed by atoms with Crippen molar-refractivity contribution in [1.29, 1.82) is 0 Å². The van der Waals surface area contributed by atoms with Crippen LogP contribution in [0, 0.1) is 0 Å². The number of hydrogen-bond donors (Lipinski definition) is 0. The van der Waals surface area contributed by atoms with Gasteiger partial charge in [0.2, 0.25) is 9.84 Å². The van der Waals surface area contributed by atoms with Gasteiger partial charge in [0.1, 0.15) is 0 Å². The van der Waals surface area contributed by atoms with Crippen LogP contribution >= 0.6 is 0 Å².